The van der Waals surface area contributed by atoms with Crippen LogP contribution in [0.15, 0.2) is 28.7 Å². The molecule has 0 radical (unpaired) electrons. The van der Waals surface area contributed by atoms with E-state index in [1.165, 1.54) is 6.21 Å². The predicted octanol–water partition coefficient (Wildman–Crippen LogP) is 1.15. The zero-order valence-electron chi connectivity index (χ0n) is 6.56. The molecule has 0 saturated carbocycles. The van der Waals surface area contributed by atoms with Gasteiger partial charge in [0.1, 0.15) is 0 Å². The summed E-state index contributed by atoms with van der Waals surface area (Å²) >= 11 is 0. The first kappa shape index (κ1) is 10.1. The average molecular weight is 173 g/mol. The number of hydrogen-bond acceptors (Lipinski definition) is 2. The van der Waals surface area contributed by atoms with Gasteiger partial charge in [0.15, 0.2) is 0 Å². The maximum atomic E-state index is 10.4. The molecular weight excluding hydrogens is 162 g/mol. The molecule has 0 unspecified atom stereocenters. The Morgan fingerprint density at radius 3 is 2.27 bits per heavy atom. The summed E-state index contributed by atoms with van der Waals surface area (Å²) in [6.07, 6.45) is 9.18. The highest BCUT2D eigenvalue weighted by atomic mass is 32.2. The van der Waals surface area contributed by atoms with Crippen LogP contribution in [0.1, 0.15) is 6.92 Å². The zero-order chi connectivity index (χ0) is 8.74. The lowest BCUT2D eigenvalue weighted by Gasteiger charge is -1.80. The van der Waals surface area contributed by atoms with Gasteiger partial charge in [-0.25, -0.2) is 8.42 Å². The van der Waals surface area contributed by atoms with Gasteiger partial charge < -0.3 is 0 Å². The largest absolute Gasteiger partial charge is 0.250 e. The summed E-state index contributed by atoms with van der Waals surface area (Å²) in [5.74, 6) is 0. The molecule has 0 aliphatic heterocycles. The molecule has 0 aromatic carbocycles. The molecule has 0 spiro atoms. The van der Waals surface area contributed by atoms with E-state index < -0.39 is 10.0 Å². The zero-order valence-corrected chi connectivity index (χ0v) is 7.38. The smallest absolute Gasteiger partial charge is 0.205 e. The fraction of sp³-hybridized carbons (Fsp3) is 0.286. The van der Waals surface area contributed by atoms with Crippen LogP contribution < -0.4 is 0 Å². The van der Waals surface area contributed by atoms with Crippen molar-refractivity contribution in [3.63, 3.8) is 0 Å². The fourth-order valence-electron chi connectivity index (χ4n) is 0.371. The molecule has 0 bridgehead atoms. The minimum absolute atomic E-state index is 1.05. The Morgan fingerprint density at radius 1 is 1.18 bits per heavy atom. The molecule has 0 aliphatic carbocycles. The average Bonchev–Trinajstić information content (AvgIpc) is 1.85. The maximum Gasteiger partial charge on any atom is 0.250 e. The van der Waals surface area contributed by atoms with Crippen molar-refractivity contribution in [3.8, 4) is 0 Å². The van der Waals surface area contributed by atoms with Gasteiger partial charge in [-0.1, -0.05) is 18.2 Å². The molecule has 0 rings (SSSR count). The van der Waals surface area contributed by atoms with Crippen molar-refractivity contribution in [2.75, 3.05) is 6.26 Å². The van der Waals surface area contributed by atoms with E-state index >= 15 is 0 Å². The minimum Gasteiger partial charge on any atom is -0.205 e. The summed E-state index contributed by atoms with van der Waals surface area (Å²) in [5, 5.41) is 0. The summed E-state index contributed by atoms with van der Waals surface area (Å²) in [6, 6.07) is 0. The van der Waals surface area contributed by atoms with Gasteiger partial charge in [0, 0.05) is 6.21 Å². The Kier molecular flexibility index (Phi) is 4.45. The Labute approximate surface area is 67.2 Å². The molecular formula is C7H11NO2S. The van der Waals surface area contributed by atoms with Crippen molar-refractivity contribution in [1.29, 1.82) is 0 Å². The molecule has 11 heavy (non-hydrogen) atoms. The van der Waals surface area contributed by atoms with Gasteiger partial charge in [0.2, 0.25) is 10.0 Å². The van der Waals surface area contributed by atoms with Gasteiger partial charge in [-0.05, 0) is 13.0 Å². The van der Waals surface area contributed by atoms with E-state index in [0.717, 1.165) is 6.26 Å². The number of nitrogens with zero attached hydrogens (tertiary/aromatic N) is 1. The highest BCUT2D eigenvalue weighted by Crippen LogP contribution is 1.81. The highest BCUT2D eigenvalue weighted by Gasteiger charge is 1.89. The third-order valence-corrected chi connectivity index (χ3v) is 1.26. The van der Waals surface area contributed by atoms with Crippen molar-refractivity contribution in [2.45, 2.75) is 6.92 Å². The molecule has 0 heterocycles. The molecule has 0 saturated heterocycles. The quantitative estimate of drug-likeness (QED) is 0.474. The van der Waals surface area contributed by atoms with Crippen molar-refractivity contribution in [1.82, 2.24) is 0 Å². The highest BCUT2D eigenvalue weighted by molar-refractivity contribution is 7.89. The van der Waals surface area contributed by atoms with Gasteiger partial charge in [0.25, 0.3) is 0 Å². The minimum atomic E-state index is -3.22. The molecule has 0 aliphatic rings. The van der Waals surface area contributed by atoms with Crippen molar-refractivity contribution < 1.29 is 8.42 Å². The summed E-state index contributed by atoms with van der Waals surface area (Å²) in [7, 11) is -3.22. The summed E-state index contributed by atoms with van der Waals surface area (Å²) in [5.41, 5.74) is 0. The second kappa shape index (κ2) is 4.85. The van der Waals surface area contributed by atoms with E-state index in [2.05, 4.69) is 4.40 Å². The third-order valence-electron chi connectivity index (χ3n) is 0.753. The van der Waals surface area contributed by atoms with Crippen LogP contribution in [0.25, 0.3) is 0 Å². The number of hydrogen-bond donors (Lipinski definition) is 0. The first-order valence-electron chi connectivity index (χ1n) is 3.09. The topological polar surface area (TPSA) is 46.5 Å². The van der Waals surface area contributed by atoms with E-state index in [1.54, 1.807) is 18.2 Å². The van der Waals surface area contributed by atoms with Gasteiger partial charge >= 0.3 is 0 Å². The van der Waals surface area contributed by atoms with Gasteiger partial charge in [0.05, 0.1) is 6.26 Å². The Hall–Kier alpha value is -0.900. The van der Waals surface area contributed by atoms with E-state index in [1.807, 2.05) is 13.0 Å². The van der Waals surface area contributed by atoms with Gasteiger partial charge in [-0.15, -0.1) is 0 Å². The monoisotopic (exact) mass is 173 g/mol. The Balaban J connectivity index is 3.98. The number of allylic oxidation sites excluding steroid dienone is 4. The van der Waals surface area contributed by atoms with Crippen molar-refractivity contribution in [3.05, 3.63) is 24.3 Å². The molecule has 0 atom stereocenters. The van der Waals surface area contributed by atoms with Crippen LogP contribution in [0, 0.1) is 0 Å². The predicted molar refractivity (Wildman–Crippen MR) is 47.3 cm³/mol. The molecule has 0 N–H and O–H groups in total. The van der Waals surface area contributed by atoms with E-state index in [0.29, 0.717) is 0 Å². The molecule has 4 heteroatoms. The SMILES string of the molecule is C\C=C/C=C\C=N\S(C)(=O)=O. The first-order valence-corrected chi connectivity index (χ1v) is 4.94. The lowest BCUT2D eigenvalue weighted by atomic mass is 10.4. The van der Waals surface area contributed by atoms with Crippen LogP contribution >= 0.6 is 0 Å². The fourth-order valence-corrected chi connectivity index (χ4v) is 0.662. The molecule has 3 nitrogen and oxygen atoms in total. The summed E-state index contributed by atoms with van der Waals surface area (Å²) in [4.78, 5) is 0. The molecule has 0 aromatic rings. The number of rotatable bonds is 3. The van der Waals surface area contributed by atoms with Crippen LogP contribution in [0.2, 0.25) is 0 Å². The lowest BCUT2D eigenvalue weighted by Crippen LogP contribution is -1.88. The molecule has 0 fully saturated rings. The number of sulfonamides is 1. The molecule has 62 valence electrons. The first-order chi connectivity index (χ1) is 5.06. The van der Waals surface area contributed by atoms with E-state index in [-0.39, 0.29) is 0 Å². The standard InChI is InChI=1S/C7H11NO2S/c1-3-4-5-6-7-8-11(2,9)10/h3-7H,1-2H3/b4-3-,6-5-,8-7+. The maximum absolute atomic E-state index is 10.4. The van der Waals surface area contributed by atoms with Crippen LogP contribution in [0.4, 0.5) is 0 Å². The summed E-state index contributed by atoms with van der Waals surface area (Å²) < 4.78 is 24.1. The van der Waals surface area contributed by atoms with Crippen LogP contribution in [0.5, 0.6) is 0 Å². The van der Waals surface area contributed by atoms with Crippen LogP contribution in [-0.2, 0) is 10.0 Å². The van der Waals surface area contributed by atoms with Crippen LogP contribution in [0.3, 0.4) is 0 Å². The lowest BCUT2D eigenvalue weighted by molar-refractivity contribution is 0.604. The second-order valence-corrected chi connectivity index (χ2v) is 3.58. The summed E-state index contributed by atoms with van der Waals surface area (Å²) in [6.45, 7) is 1.87. The normalized spacial score (nSPS) is 14.0. The van der Waals surface area contributed by atoms with Crippen molar-refractivity contribution >= 4 is 16.2 Å². The van der Waals surface area contributed by atoms with E-state index in [4.69, 9.17) is 0 Å². The molecule has 0 amide bonds. The Morgan fingerprint density at radius 2 is 1.82 bits per heavy atom. The molecule has 0 aromatic heterocycles. The van der Waals surface area contributed by atoms with E-state index in [9.17, 15) is 8.42 Å². The van der Waals surface area contributed by atoms with Gasteiger partial charge in [-0.2, -0.15) is 4.40 Å². The van der Waals surface area contributed by atoms with Crippen molar-refractivity contribution in [2.24, 2.45) is 4.40 Å². The second-order valence-electron chi connectivity index (χ2n) is 1.90. The van der Waals surface area contributed by atoms with Gasteiger partial charge in [-0.3, -0.25) is 0 Å². The third kappa shape index (κ3) is 9.10. The van der Waals surface area contributed by atoms with Crippen LogP contribution in [-0.4, -0.2) is 20.9 Å². The Bertz CT molecular complexity index is 273.